The van der Waals surface area contributed by atoms with Crippen molar-refractivity contribution in [3.05, 3.63) is 29.8 Å². The monoisotopic (exact) mass is 448 g/mol. The molecular weight excluding hydrogens is 404 g/mol. The Labute approximate surface area is 191 Å². The highest BCUT2D eigenvalue weighted by molar-refractivity contribution is 6.74. The molecule has 5 heteroatoms. The van der Waals surface area contributed by atoms with Gasteiger partial charge < -0.3 is 19.0 Å². The van der Waals surface area contributed by atoms with Gasteiger partial charge in [-0.2, -0.15) is 0 Å². The lowest BCUT2D eigenvalue weighted by atomic mass is 10.1. The number of hydrogen-bond acceptors (Lipinski definition) is 4. The molecule has 1 N–H and O–H groups in total. The maximum atomic E-state index is 10.3. The molecule has 0 aromatic heterocycles. The first-order chi connectivity index (χ1) is 14.6. The van der Waals surface area contributed by atoms with Crippen LogP contribution < -0.4 is 4.74 Å². The number of benzene rings is 1. The molecule has 1 aromatic rings. The zero-order valence-corrected chi connectivity index (χ0v) is 21.8. The minimum atomic E-state index is -1.87. The predicted octanol–water partition coefficient (Wildman–Crippen LogP) is 6.33. The van der Waals surface area contributed by atoms with Crippen LogP contribution >= 0.6 is 0 Å². The summed E-state index contributed by atoms with van der Waals surface area (Å²) in [4.78, 5) is 0. The first-order valence-electron chi connectivity index (χ1n) is 11.7. The van der Waals surface area contributed by atoms with Crippen molar-refractivity contribution in [3.8, 4) is 17.6 Å². The van der Waals surface area contributed by atoms with E-state index in [2.05, 4.69) is 52.6 Å². The van der Waals surface area contributed by atoms with Crippen LogP contribution in [0.5, 0.6) is 5.75 Å². The molecule has 1 rings (SSSR count). The van der Waals surface area contributed by atoms with Gasteiger partial charge in [-0.05, 0) is 61.5 Å². The van der Waals surface area contributed by atoms with Gasteiger partial charge in [0.05, 0.1) is 13.7 Å². The van der Waals surface area contributed by atoms with E-state index in [1.807, 2.05) is 24.3 Å². The molecule has 0 amide bonds. The van der Waals surface area contributed by atoms with E-state index in [0.717, 1.165) is 43.4 Å². The second-order valence-electron chi connectivity index (χ2n) is 9.71. The van der Waals surface area contributed by atoms with E-state index in [4.69, 9.17) is 13.9 Å². The predicted molar refractivity (Wildman–Crippen MR) is 132 cm³/mol. The summed E-state index contributed by atoms with van der Waals surface area (Å²) in [5.74, 6) is 7.13. The second-order valence-corrected chi connectivity index (χ2v) is 14.5. The topological polar surface area (TPSA) is 47.9 Å². The van der Waals surface area contributed by atoms with E-state index in [0.29, 0.717) is 19.6 Å². The maximum absolute atomic E-state index is 10.3. The molecule has 0 aliphatic carbocycles. The van der Waals surface area contributed by atoms with Crippen molar-refractivity contribution < 1.29 is 19.0 Å². The number of hydrogen-bond donors (Lipinski definition) is 1. The Kier molecular flexibility index (Phi) is 12.5. The number of rotatable bonds is 13. The molecule has 0 saturated heterocycles. The lowest BCUT2D eigenvalue weighted by Crippen LogP contribution is -2.43. The standard InChI is InChI=1S/C26H44O4Si/c1-8-9-13-25(30-31(6,7)26(2,3)4)19-16-23(27)12-10-11-20-29-21-22-14-17-24(28-5)18-15-22/h14-15,17-18,23,25,27H,8-13,20-21H2,1-7H3/t23?,25-/m1/s1. The van der Waals surface area contributed by atoms with Gasteiger partial charge in [-0.1, -0.05) is 64.5 Å². The van der Waals surface area contributed by atoms with Crippen LogP contribution in [0.4, 0.5) is 0 Å². The Morgan fingerprint density at radius 3 is 2.26 bits per heavy atom. The Morgan fingerprint density at radius 1 is 1.00 bits per heavy atom. The zero-order valence-electron chi connectivity index (χ0n) is 20.8. The molecule has 1 aromatic carbocycles. The molecule has 1 unspecified atom stereocenters. The van der Waals surface area contributed by atoms with Crippen molar-refractivity contribution in [2.45, 2.75) is 103 Å². The summed E-state index contributed by atoms with van der Waals surface area (Å²) in [5.41, 5.74) is 1.13. The third kappa shape index (κ3) is 11.2. The van der Waals surface area contributed by atoms with Gasteiger partial charge in [0.1, 0.15) is 18.0 Å². The van der Waals surface area contributed by atoms with E-state index >= 15 is 0 Å². The summed E-state index contributed by atoms with van der Waals surface area (Å²) in [6.45, 7) is 14.7. The molecule has 2 atom stereocenters. The number of ether oxygens (including phenoxy) is 2. The van der Waals surface area contributed by atoms with E-state index in [9.17, 15) is 5.11 Å². The van der Waals surface area contributed by atoms with E-state index in [1.165, 1.54) is 0 Å². The highest BCUT2D eigenvalue weighted by Crippen LogP contribution is 2.37. The first-order valence-corrected chi connectivity index (χ1v) is 14.6. The van der Waals surface area contributed by atoms with Crippen molar-refractivity contribution in [2.24, 2.45) is 0 Å². The largest absolute Gasteiger partial charge is 0.497 e. The average Bonchev–Trinajstić information content (AvgIpc) is 2.72. The van der Waals surface area contributed by atoms with Crippen LogP contribution in [0, 0.1) is 11.8 Å². The van der Waals surface area contributed by atoms with Gasteiger partial charge in [0, 0.05) is 6.61 Å². The quantitative estimate of drug-likeness (QED) is 0.218. The molecule has 0 saturated carbocycles. The summed E-state index contributed by atoms with van der Waals surface area (Å²) in [6.07, 6.45) is 4.93. The highest BCUT2D eigenvalue weighted by atomic mass is 28.4. The van der Waals surface area contributed by atoms with Crippen LogP contribution in [0.3, 0.4) is 0 Å². The summed E-state index contributed by atoms with van der Waals surface area (Å²) in [5, 5.41) is 10.5. The van der Waals surface area contributed by atoms with Gasteiger partial charge in [0.25, 0.3) is 0 Å². The average molecular weight is 449 g/mol. The fourth-order valence-corrected chi connectivity index (χ4v) is 4.04. The van der Waals surface area contributed by atoms with Crippen molar-refractivity contribution in [2.75, 3.05) is 13.7 Å². The van der Waals surface area contributed by atoms with E-state index in [-0.39, 0.29) is 11.1 Å². The Balaban J connectivity index is 2.37. The maximum Gasteiger partial charge on any atom is 0.193 e. The molecule has 4 nitrogen and oxygen atoms in total. The van der Waals surface area contributed by atoms with E-state index < -0.39 is 14.4 Å². The van der Waals surface area contributed by atoms with Gasteiger partial charge >= 0.3 is 0 Å². The molecule has 0 bridgehead atoms. The number of aliphatic hydroxyl groups is 1. The fraction of sp³-hybridized carbons (Fsp3) is 0.692. The van der Waals surface area contributed by atoms with E-state index in [1.54, 1.807) is 7.11 Å². The first kappa shape index (κ1) is 27.7. The van der Waals surface area contributed by atoms with Gasteiger partial charge in [-0.15, -0.1) is 0 Å². The zero-order chi connectivity index (χ0) is 23.3. The van der Waals surface area contributed by atoms with Crippen LogP contribution in [-0.2, 0) is 15.8 Å². The number of unbranched alkanes of at least 4 members (excludes halogenated alkanes) is 2. The van der Waals surface area contributed by atoms with Crippen LogP contribution in [0.25, 0.3) is 0 Å². The van der Waals surface area contributed by atoms with Crippen molar-refractivity contribution in [1.29, 1.82) is 0 Å². The van der Waals surface area contributed by atoms with Crippen LogP contribution in [-0.4, -0.2) is 39.3 Å². The molecule has 0 aliphatic rings. The molecular formula is C26H44O4Si. The SMILES string of the molecule is CCCC[C@H](C#CC(O)CCCCOCc1ccc(OC)cc1)O[Si](C)(C)C(C)(C)C. The van der Waals surface area contributed by atoms with Crippen molar-refractivity contribution in [1.82, 2.24) is 0 Å². The molecule has 0 fully saturated rings. The molecule has 0 radical (unpaired) electrons. The smallest absolute Gasteiger partial charge is 0.193 e. The summed E-state index contributed by atoms with van der Waals surface area (Å²) >= 11 is 0. The molecule has 0 aliphatic heterocycles. The Hall–Kier alpha value is -1.32. The lowest BCUT2D eigenvalue weighted by Gasteiger charge is -2.38. The summed E-state index contributed by atoms with van der Waals surface area (Å²) in [7, 11) is -0.208. The van der Waals surface area contributed by atoms with Crippen LogP contribution in [0.2, 0.25) is 18.1 Å². The van der Waals surface area contributed by atoms with Crippen LogP contribution in [0.15, 0.2) is 24.3 Å². The minimum Gasteiger partial charge on any atom is -0.497 e. The second kappa shape index (κ2) is 14.0. The summed E-state index contributed by atoms with van der Waals surface area (Å²) in [6, 6.07) is 7.91. The lowest BCUT2D eigenvalue weighted by molar-refractivity contribution is 0.113. The third-order valence-corrected chi connectivity index (χ3v) is 10.4. The Morgan fingerprint density at radius 2 is 1.68 bits per heavy atom. The highest BCUT2D eigenvalue weighted by Gasteiger charge is 2.38. The van der Waals surface area contributed by atoms with Crippen molar-refractivity contribution in [3.63, 3.8) is 0 Å². The normalized spacial score (nSPS) is 13.9. The Bertz CT molecular complexity index is 667. The number of aliphatic hydroxyl groups excluding tert-OH is 1. The van der Waals surface area contributed by atoms with Crippen molar-refractivity contribution >= 4 is 8.32 Å². The van der Waals surface area contributed by atoms with Crippen LogP contribution in [0.1, 0.15) is 71.8 Å². The van der Waals surface area contributed by atoms with Gasteiger partial charge in [0.15, 0.2) is 8.32 Å². The van der Waals surface area contributed by atoms with Gasteiger partial charge in [-0.25, -0.2) is 0 Å². The summed E-state index contributed by atoms with van der Waals surface area (Å²) < 4.78 is 17.4. The minimum absolute atomic E-state index is 0.0803. The fourth-order valence-electron chi connectivity index (χ4n) is 2.80. The molecule has 0 spiro atoms. The third-order valence-electron chi connectivity index (χ3n) is 5.92. The molecule has 0 heterocycles. The molecule has 176 valence electrons. The molecule has 31 heavy (non-hydrogen) atoms. The van der Waals surface area contributed by atoms with Gasteiger partial charge in [-0.3, -0.25) is 0 Å². The van der Waals surface area contributed by atoms with Gasteiger partial charge in [0.2, 0.25) is 0 Å². The number of methoxy groups -OCH3 is 1.